The lowest BCUT2D eigenvalue weighted by molar-refractivity contribution is 0.633. The van der Waals surface area contributed by atoms with Crippen molar-refractivity contribution in [2.45, 2.75) is 5.92 Å². The Labute approximate surface area is 278 Å². The molecule has 0 N–H and O–H groups in total. The maximum atomic E-state index is 5.27. The lowest BCUT2D eigenvalue weighted by atomic mass is 9.67. The quantitative estimate of drug-likeness (QED) is 0.186. The largest absolute Gasteiger partial charge is 0.260 e. The Morgan fingerprint density at radius 3 is 2.06 bits per heavy atom. The van der Waals surface area contributed by atoms with Crippen LogP contribution in [0.15, 0.2) is 170 Å². The van der Waals surface area contributed by atoms with Crippen LogP contribution in [0.4, 0.5) is 0 Å². The summed E-state index contributed by atoms with van der Waals surface area (Å²) in [7, 11) is 0. The Morgan fingerprint density at radius 1 is 0.500 bits per heavy atom. The van der Waals surface area contributed by atoms with Crippen LogP contribution in [0.5, 0.6) is 0 Å². The highest BCUT2D eigenvalue weighted by Gasteiger charge is 2.37. The minimum atomic E-state index is 0.0303. The van der Waals surface area contributed by atoms with Crippen LogP contribution in [-0.4, -0.2) is 15.0 Å². The van der Waals surface area contributed by atoms with Crippen molar-refractivity contribution >= 4 is 43.5 Å². The van der Waals surface area contributed by atoms with Crippen molar-refractivity contribution in [3.8, 4) is 11.1 Å². The smallest absolute Gasteiger partial charge is 0.160 e. The number of allylic oxidation sites excluding steroid dienone is 5. The van der Waals surface area contributed by atoms with Gasteiger partial charge in [0.15, 0.2) is 5.82 Å². The molecule has 0 amide bonds. The number of aromatic nitrogens is 3. The molecule has 48 heavy (non-hydrogen) atoms. The van der Waals surface area contributed by atoms with Crippen LogP contribution < -0.4 is 0 Å². The van der Waals surface area contributed by atoms with Crippen LogP contribution in [-0.2, 0) is 0 Å². The van der Waals surface area contributed by atoms with Crippen LogP contribution in [0, 0.1) is 5.92 Å². The molecule has 0 bridgehead atoms. The van der Waals surface area contributed by atoms with E-state index in [1.54, 1.807) is 0 Å². The second kappa shape index (κ2) is 10.7. The molecule has 2 aliphatic rings. The highest BCUT2D eigenvalue weighted by Crippen LogP contribution is 2.50. The van der Waals surface area contributed by atoms with Gasteiger partial charge in [0.1, 0.15) is 0 Å². The van der Waals surface area contributed by atoms with Crippen molar-refractivity contribution in [2.24, 2.45) is 5.92 Å². The van der Waals surface area contributed by atoms with E-state index in [0.717, 1.165) is 22.7 Å². The van der Waals surface area contributed by atoms with Crippen LogP contribution in [0.2, 0.25) is 0 Å². The van der Waals surface area contributed by atoms with Gasteiger partial charge in [-0.25, -0.2) is 9.97 Å². The summed E-state index contributed by atoms with van der Waals surface area (Å²) >= 11 is 0. The second-order valence-electron chi connectivity index (χ2n) is 12.8. The predicted octanol–water partition coefficient (Wildman–Crippen LogP) is 10.7. The summed E-state index contributed by atoms with van der Waals surface area (Å²) in [4.78, 5) is 14.7. The van der Waals surface area contributed by atoms with E-state index in [1.165, 1.54) is 65.7 Å². The molecule has 0 spiro atoms. The summed E-state index contributed by atoms with van der Waals surface area (Å²) < 4.78 is 0. The van der Waals surface area contributed by atoms with Gasteiger partial charge in [-0.05, 0) is 77.9 Å². The summed E-state index contributed by atoms with van der Waals surface area (Å²) in [5.41, 5.74) is 10.5. The minimum absolute atomic E-state index is 0.0303. The molecule has 2 heterocycles. The van der Waals surface area contributed by atoms with E-state index in [4.69, 9.17) is 15.0 Å². The van der Waals surface area contributed by atoms with Crippen molar-refractivity contribution in [1.82, 2.24) is 15.0 Å². The van der Waals surface area contributed by atoms with Gasteiger partial charge in [-0.3, -0.25) is 4.98 Å². The van der Waals surface area contributed by atoms with E-state index >= 15 is 0 Å². The highest BCUT2D eigenvalue weighted by molar-refractivity contribution is 6.25. The van der Waals surface area contributed by atoms with Gasteiger partial charge in [0.2, 0.25) is 0 Å². The van der Waals surface area contributed by atoms with Gasteiger partial charge < -0.3 is 0 Å². The molecule has 3 heteroatoms. The first-order chi connectivity index (χ1) is 23.8. The van der Waals surface area contributed by atoms with Gasteiger partial charge in [-0.2, -0.15) is 0 Å². The van der Waals surface area contributed by atoms with Gasteiger partial charge in [0, 0.05) is 47.3 Å². The van der Waals surface area contributed by atoms with Gasteiger partial charge in [-0.1, -0.05) is 133 Å². The van der Waals surface area contributed by atoms with E-state index < -0.39 is 0 Å². The molecule has 2 atom stereocenters. The molecule has 0 aliphatic heterocycles. The Kier molecular flexibility index (Phi) is 6.00. The molecule has 2 aliphatic carbocycles. The van der Waals surface area contributed by atoms with Crippen molar-refractivity contribution in [3.05, 3.63) is 198 Å². The molecule has 3 nitrogen and oxygen atoms in total. The molecule has 0 saturated carbocycles. The Balaban J connectivity index is 1.14. The summed E-state index contributed by atoms with van der Waals surface area (Å²) in [6.45, 7) is 0. The number of hydrogen-bond acceptors (Lipinski definition) is 3. The zero-order chi connectivity index (χ0) is 31.6. The van der Waals surface area contributed by atoms with E-state index in [-0.39, 0.29) is 11.8 Å². The number of fused-ring (bicyclic) bond motifs is 2. The third-order valence-electron chi connectivity index (χ3n) is 10.2. The number of nitrogens with zero attached hydrogens (tertiary/aromatic N) is 3. The van der Waals surface area contributed by atoms with Crippen molar-refractivity contribution in [1.29, 1.82) is 0 Å². The molecular formula is C45H29N3. The predicted molar refractivity (Wildman–Crippen MR) is 197 cm³/mol. The molecule has 0 radical (unpaired) electrons. The summed E-state index contributed by atoms with van der Waals surface area (Å²) in [5.74, 6) is 0.844. The first-order valence-corrected chi connectivity index (χ1v) is 16.5. The Morgan fingerprint density at radius 2 is 1.25 bits per heavy atom. The molecular weight excluding hydrogens is 583 g/mol. The molecule has 0 saturated heterocycles. The first-order valence-electron chi connectivity index (χ1n) is 16.5. The molecule has 6 aromatic carbocycles. The fraction of sp³-hybridized carbons (Fsp3) is 0.0444. The second-order valence-corrected chi connectivity index (χ2v) is 12.8. The third-order valence-corrected chi connectivity index (χ3v) is 10.2. The molecule has 224 valence electrons. The van der Waals surface area contributed by atoms with Crippen molar-refractivity contribution in [3.63, 3.8) is 0 Å². The topological polar surface area (TPSA) is 38.7 Å². The average molecular weight is 612 g/mol. The third kappa shape index (κ3) is 4.11. The van der Waals surface area contributed by atoms with E-state index in [0.29, 0.717) is 0 Å². The van der Waals surface area contributed by atoms with Crippen molar-refractivity contribution in [2.75, 3.05) is 0 Å². The maximum Gasteiger partial charge on any atom is 0.160 e. The van der Waals surface area contributed by atoms with Crippen LogP contribution in [0.1, 0.15) is 34.1 Å². The van der Waals surface area contributed by atoms with Gasteiger partial charge in [-0.15, -0.1) is 0 Å². The number of hydrogen-bond donors (Lipinski definition) is 0. The standard InChI is InChI=1S/C45H29N3/c1-2-8-28(9-3-1)32-18-22-38-39(26-32)43(35-12-4-5-13-36(35)44(38)45-46-24-7-25-47-45)40-23-19-33(27-48-40)34-20-16-31-15-14-29-10-6-11-30-17-21-37(34)42(31)41(29)30/h1-27,39,43H. The lowest BCUT2D eigenvalue weighted by Crippen LogP contribution is -2.24. The normalized spacial score (nSPS) is 17.1. The zero-order valence-corrected chi connectivity index (χ0v) is 26.1. The summed E-state index contributed by atoms with van der Waals surface area (Å²) in [6.07, 6.45) is 12.7. The van der Waals surface area contributed by atoms with Gasteiger partial charge in [0.05, 0.1) is 0 Å². The fourth-order valence-corrected chi connectivity index (χ4v) is 8.08. The lowest BCUT2D eigenvalue weighted by Gasteiger charge is -2.36. The van der Waals surface area contributed by atoms with E-state index in [2.05, 4.69) is 146 Å². The average Bonchev–Trinajstić information content (AvgIpc) is 3.16. The van der Waals surface area contributed by atoms with Crippen LogP contribution in [0.3, 0.4) is 0 Å². The molecule has 10 rings (SSSR count). The number of rotatable bonds is 4. The molecule has 2 unspecified atom stereocenters. The highest BCUT2D eigenvalue weighted by atomic mass is 14.9. The summed E-state index contributed by atoms with van der Waals surface area (Å²) in [6, 6.07) is 45.8. The van der Waals surface area contributed by atoms with Crippen LogP contribution >= 0.6 is 0 Å². The summed E-state index contributed by atoms with van der Waals surface area (Å²) in [5, 5.41) is 7.75. The van der Waals surface area contributed by atoms with Crippen LogP contribution in [0.25, 0.3) is 54.6 Å². The minimum Gasteiger partial charge on any atom is -0.260 e. The number of benzene rings is 6. The Hall–Kier alpha value is -6.19. The Bertz CT molecular complexity index is 2580. The van der Waals surface area contributed by atoms with Gasteiger partial charge >= 0.3 is 0 Å². The maximum absolute atomic E-state index is 5.27. The molecule has 2 aromatic heterocycles. The van der Waals surface area contributed by atoms with E-state index in [9.17, 15) is 0 Å². The molecule has 8 aromatic rings. The van der Waals surface area contributed by atoms with Crippen molar-refractivity contribution < 1.29 is 0 Å². The monoisotopic (exact) mass is 611 g/mol. The molecule has 0 fully saturated rings. The SMILES string of the molecule is C1=CC2=C(c3ncccn3)c3ccccc3C(c3ccc(-c4ccc5ccc6cccc7ccc4c5c67)cn3)C2C=C1c1ccccc1. The zero-order valence-electron chi connectivity index (χ0n) is 26.1. The first kappa shape index (κ1) is 27.0. The fourth-order valence-electron chi connectivity index (χ4n) is 8.08. The van der Waals surface area contributed by atoms with E-state index in [1.807, 2.05) is 18.5 Å². The van der Waals surface area contributed by atoms with Gasteiger partial charge in [0.25, 0.3) is 0 Å². The number of pyridine rings is 1.